The third-order valence-electron chi connectivity index (χ3n) is 6.98. The van der Waals surface area contributed by atoms with Gasteiger partial charge in [-0.2, -0.15) is 0 Å². The van der Waals surface area contributed by atoms with Crippen LogP contribution in [0.2, 0.25) is 0 Å². The fourth-order valence-electron chi connectivity index (χ4n) is 5.16. The van der Waals surface area contributed by atoms with Crippen LogP contribution < -0.4 is 10.2 Å². The van der Waals surface area contributed by atoms with Gasteiger partial charge in [-0.1, -0.05) is 82.7 Å². The normalized spacial score (nSPS) is 13.4. The SMILES string of the molecule is CC(C)(C)NC(=O)[C@H](Cc1ccccc1)N(Cc1ccc(Br)cc1)C(=O)CN1C(=O)c2cccc3cccc1c23. The highest BCUT2D eigenvalue weighted by atomic mass is 79.9. The summed E-state index contributed by atoms with van der Waals surface area (Å²) in [6.45, 7) is 5.82. The van der Waals surface area contributed by atoms with Crippen LogP contribution in [0.5, 0.6) is 0 Å². The quantitative estimate of drug-likeness (QED) is 0.266. The van der Waals surface area contributed by atoms with Crippen molar-refractivity contribution < 1.29 is 14.4 Å². The van der Waals surface area contributed by atoms with Crippen molar-refractivity contribution >= 4 is 50.1 Å². The molecule has 1 heterocycles. The van der Waals surface area contributed by atoms with Gasteiger partial charge in [-0.05, 0) is 61.5 Å². The van der Waals surface area contributed by atoms with Crippen molar-refractivity contribution in [1.82, 2.24) is 10.2 Å². The van der Waals surface area contributed by atoms with Crippen molar-refractivity contribution in [1.29, 1.82) is 0 Å². The lowest BCUT2D eigenvalue weighted by Gasteiger charge is -2.34. The Balaban J connectivity index is 1.52. The van der Waals surface area contributed by atoms with E-state index in [1.54, 1.807) is 11.0 Å². The number of carbonyl (C=O) groups excluding carboxylic acids is 3. The summed E-state index contributed by atoms with van der Waals surface area (Å²) in [5, 5.41) is 4.89. The van der Waals surface area contributed by atoms with Gasteiger partial charge in [0.1, 0.15) is 12.6 Å². The number of nitrogens with zero attached hydrogens (tertiary/aromatic N) is 2. The minimum absolute atomic E-state index is 0.169. The van der Waals surface area contributed by atoms with Crippen LogP contribution in [-0.4, -0.2) is 40.7 Å². The highest BCUT2D eigenvalue weighted by molar-refractivity contribution is 9.10. The molecule has 1 aliphatic heterocycles. The van der Waals surface area contributed by atoms with Gasteiger partial charge in [-0.15, -0.1) is 0 Å². The maximum Gasteiger partial charge on any atom is 0.259 e. The first-order valence-corrected chi connectivity index (χ1v) is 14.1. The van der Waals surface area contributed by atoms with Gasteiger partial charge in [0.05, 0.1) is 5.69 Å². The number of halogens is 1. The molecule has 1 atom stereocenters. The van der Waals surface area contributed by atoms with Gasteiger partial charge in [0.15, 0.2) is 0 Å². The summed E-state index contributed by atoms with van der Waals surface area (Å²) in [5.74, 6) is -0.742. The first kappa shape index (κ1) is 27.6. The molecule has 0 bridgehead atoms. The minimum Gasteiger partial charge on any atom is -0.350 e. The molecule has 204 valence electrons. The molecule has 0 saturated carbocycles. The highest BCUT2D eigenvalue weighted by Gasteiger charge is 2.36. The van der Waals surface area contributed by atoms with E-state index in [9.17, 15) is 14.4 Å². The van der Waals surface area contributed by atoms with Crippen molar-refractivity contribution in [3.8, 4) is 0 Å². The van der Waals surface area contributed by atoms with Crippen molar-refractivity contribution in [3.63, 3.8) is 0 Å². The van der Waals surface area contributed by atoms with E-state index in [1.807, 2.05) is 106 Å². The van der Waals surface area contributed by atoms with Gasteiger partial charge < -0.3 is 10.2 Å². The van der Waals surface area contributed by atoms with Gasteiger partial charge in [0.25, 0.3) is 5.91 Å². The Labute approximate surface area is 243 Å². The van der Waals surface area contributed by atoms with Crippen LogP contribution in [0.15, 0.2) is 95.5 Å². The summed E-state index contributed by atoms with van der Waals surface area (Å²) >= 11 is 3.47. The maximum absolute atomic E-state index is 14.2. The molecule has 3 amide bonds. The number of amides is 3. The van der Waals surface area contributed by atoms with Crippen LogP contribution >= 0.6 is 15.9 Å². The molecule has 0 spiro atoms. The molecule has 5 rings (SSSR count). The predicted molar refractivity (Wildman–Crippen MR) is 162 cm³/mol. The van der Waals surface area contributed by atoms with E-state index in [-0.39, 0.29) is 30.8 Å². The molecule has 1 aliphatic rings. The molecule has 0 fully saturated rings. The van der Waals surface area contributed by atoms with Crippen LogP contribution in [0.1, 0.15) is 42.3 Å². The Morgan fingerprint density at radius 1 is 0.875 bits per heavy atom. The molecule has 1 N–H and O–H groups in total. The van der Waals surface area contributed by atoms with Crippen molar-refractivity contribution in [2.75, 3.05) is 11.4 Å². The highest BCUT2D eigenvalue weighted by Crippen LogP contribution is 2.37. The molecule has 0 aliphatic carbocycles. The molecule has 40 heavy (non-hydrogen) atoms. The molecule has 0 unspecified atom stereocenters. The first-order valence-electron chi connectivity index (χ1n) is 13.3. The van der Waals surface area contributed by atoms with Crippen LogP contribution in [-0.2, 0) is 22.6 Å². The van der Waals surface area contributed by atoms with Crippen LogP contribution in [0.4, 0.5) is 5.69 Å². The first-order chi connectivity index (χ1) is 19.1. The standard InChI is InChI=1S/C33H32BrN3O3/c1-33(2,3)35-31(39)28(19-22-9-5-4-6-10-22)36(20-23-15-17-25(34)18-16-23)29(38)21-37-27-14-8-12-24-11-7-13-26(30(24)27)32(37)40/h4-18,28H,19-21H2,1-3H3,(H,35,39)/t28-/m0/s1. The number of hydrogen-bond donors (Lipinski definition) is 1. The molecular formula is C33H32BrN3O3. The van der Waals surface area contributed by atoms with E-state index >= 15 is 0 Å². The predicted octanol–water partition coefficient (Wildman–Crippen LogP) is 6.12. The Morgan fingerprint density at radius 2 is 1.55 bits per heavy atom. The van der Waals surface area contributed by atoms with Gasteiger partial charge in [0, 0.05) is 33.9 Å². The second-order valence-corrected chi connectivity index (χ2v) is 12.1. The van der Waals surface area contributed by atoms with Gasteiger partial charge in [-0.3, -0.25) is 19.3 Å². The van der Waals surface area contributed by atoms with E-state index < -0.39 is 11.6 Å². The fraction of sp³-hybridized carbons (Fsp3) is 0.242. The zero-order valence-electron chi connectivity index (χ0n) is 22.9. The third kappa shape index (κ3) is 5.94. The largest absolute Gasteiger partial charge is 0.350 e. The number of hydrogen-bond acceptors (Lipinski definition) is 3. The number of rotatable bonds is 8. The molecule has 7 heteroatoms. The topological polar surface area (TPSA) is 69.7 Å². The zero-order chi connectivity index (χ0) is 28.4. The molecule has 6 nitrogen and oxygen atoms in total. The minimum atomic E-state index is -0.784. The lowest BCUT2D eigenvalue weighted by molar-refractivity contribution is -0.140. The van der Waals surface area contributed by atoms with E-state index in [1.165, 1.54) is 4.90 Å². The lowest BCUT2D eigenvalue weighted by Crippen LogP contribution is -2.56. The zero-order valence-corrected chi connectivity index (χ0v) is 24.4. The smallest absolute Gasteiger partial charge is 0.259 e. The molecule has 0 saturated heterocycles. The summed E-state index contributed by atoms with van der Waals surface area (Å²) in [7, 11) is 0. The summed E-state index contributed by atoms with van der Waals surface area (Å²) in [5.41, 5.74) is 2.65. The number of carbonyl (C=O) groups is 3. The Hall–Kier alpha value is -3.97. The molecule has 4 aromatic carbocycles. The molecule has 0 aromatic heterocycles. The average Bonchev–Trinajstić information content (AvgIpc) is 3.19. The fourth-order valence-corrected chi connectivity index (χ4v) is 5.42. The second kappa shape index (κ2) is 11.3. The van der Waals surface area contributed by atoms with Crippen LogP contribution in [0.3, 0.4) is 0 Å². The molecular weight excluding hydrogens is 566 g/mol. The lowest BCUT2D eigenvalue weighted by atomic mass is 10.0. The van der Waals surface area contributed by atoms with Crippen molar-refractivity contribution in [2.24, 2.45) is 0 Å². The van der Waals surface area contributed by atoms with Gasteiger partial charge in [-0.25, -0.2) is 0 Å². The summed E-state index contributed by atoms with van der Waals surface area (Å²) in [4.78, 5) is 44.7. The third-order valence-corrected chi connectivity index (χ3v) is 7.51. The van der Waals surface area contributed by atoms with Crippen molar-refractivity contribution in [2.45, 2.75) is 45.3 Å². The number of benzene rings is 4. The summed E-state index contributed by atoms with van der Waals surface area (Å²) in [6, 6.07) is 28.0. The Kier molecular flexibility index (Phi) is 7.76. The number of anilines is 1. The Bertz CT molecular complexity index is 1560. The summed E-state index contributed by atoms with van der Waals surface area (Å²) < 4.78 is 0.925. The molecule has 4 aromatic rings. The van der Waals surface area contributed by atoms with E-state index in [4.69, 9.17) is 0 Å². The van der Waals surface area contributed by atoms with E-state index in [0.717, 1.165) is 26.4 Å². The van der Waals surface area contributed by atoms with E-state index in [0.29, 0.717) is 17.7 Å². The van der Waals surface area contributed by atoms with Gasteiger partial charge >= 0.3 is 0 Å². The van der Waals surface area contributed by atoms with E-state index in [2.05, 4.69) is 21.2 Å². The Morgan fingerprint density at radius 3 is 2.23 bits per heavy atom. The maximum atomic E-state index is 14.2. The average molecular weight is 599 g/mol. The number of nitrogens with one attached hydrogen (secondary N) is 1. The van der Waals surface area contributed by atoms with Crippen LogP contribution in [0, 0.1) is 0 Å². The van der Waals surface area contributed by atoms with Crippen molar-refractivity contribution in [3.05, 3.63) is 112 Å². The monoisotopic (exact) mass is 597 g/mol. The molecule has 0 radical (unpaired) electrons. The van der Waals surface area contributed by atoms with Crippen LogP contribution in [0.25, 0.3) is 10.8 Å². The second-order valence-electron chi connectivity index (χ2n) is 11.2. The van der Waals surface area contributed by atoms with Gasteiger partial charge in [0.2, 0.25) is 11.8 Å². The summed E-state index contributed by atoms with van der Waals surface area (Å²) in [6.07, 6.45) is 0.342.